The third-order valence-corrected chi connectivity index (χ3v) is 3.77. The molecule has 0 aliphatic heterocycles. The maximum Gasteiger partial charge on any atom is 0.144 e. The molecule has 1 unspecified atom stereocenters. The molecule has 1 heterocycles. The molecule has 0 amide bonds. The molecule has 2 nitrogen and oxygen atoms in total. The molecule has 0 aliphatic carbocycles. The van der Waals surface area contributed by atoms with E-state index in [1.807, 2.05) is 49.4 Å². The number of aryl methyl sites for hydroxylation is 1. The van der Waals surface area contributed by atoms with E-state index in [2.05, 4.69) is 0 Å². The lowest BCUT2D eigenvalue weighted by Gasteiger charge is -2.21. The molecule has 0 saturated carbocycles. The first kappa shape index (κ1) is 13.2. The number of benzene rings is 2. The van der Waals surface area contributed by atoms with Gasteiger partial charge >= 0.3 is 0 Å². The molecule has 1 N–H and O–H groups in total. The summed E-state index contributed by atoms with van der Waals surface area (Å²) in [6.45, 7) is 3.74. The van der Waals surface area contributed by atoms with Crippen molar-refractivity contribution in [3.05, 3.63) is 70.4 Å². The summed E-state index contributed by atoms with van der Waals surface area (Å²) in [7, 11) is 0. The number of aliphatic hydroxyl groups is 1. The minimum atomic E-state index is -1.17. The van der Waals surface area contributed by atoms with Crippen molar-refractivity contribution >= 4 is 22.6 Å². The molecule has 3 rings (SSSR count). The highest BCUT2D eigenvalue weighted by Gasteiger charge is 2.29. The van der Waals surface area contributed by atoms with Crippen LogP contribution in [0.25, 0.3) is 11.0 Å². The zero-order valence-electron chi connectivity index (χ0n) is 11.4. The topological polar surface area (TPSA) is 33.4 Å². The van der Waals surface area contributed by atoms with Crippen molar-refractivity contribution in [1.82, 2.24) is 0 Å². The van der Waals surface area contributed by atoms with Gasteiger partial charge in [-0.05, 0) is 43.7 Å². The third kappa shape index (κ3) is 2.21. The minimum Gasteiger partial charge on any atom is -0.458 e. The first-order valence-electron chi connectivity index (χ1n) is 6.46. The monoisotopic (exact) mass is 286 g/mol. The van der Waals surface area contributed by atoms with Gasteiger partial charge in [0.1, 0.15) is 16.9 Å². The molecule has 20 heavy (non-hydrogen) atoms. The molecular formula is C17H15ClO2. The molecular weight excluding hydrogens is 272 g/mol. The molecule has 0 bridgehead atoms. The summed E-state index contributed by atoms with van der Waals surface area (Å²) in [5, 5.41) is 12.4. The molecule has 1 aromatic heterocycles. The van der Waals surface area contributed by atoms with Gasteiger partial charge in [-0.15, -0.1) is 0 Å². The predicted molar refractivity (Wildman–Crippen MR) is 81.1 cm³/mol. The Balaban J connectivity index is 2.13. The fourth-order valence-corrected chi connectivity index (χ4v) is 2.52. The van der Waals surface area contributed by atoms with Gasteiger partial charge in [0, 0.05) is 10.4 Å². The van der Waals surface area contributed by atoms with E-state index >= 15 is 0 Å². The number of hydrogen-bond acceptors (Lipinski definition) is 2. The number of fused-ring (bicyclic) bond motifs is 1. The highest BCUT2D eigenvalue weighted by atomic mass is 35.5. The van der Waals surface area contributed by atoms with E-state index in [4.69, 9.17) is 16.0 Å². The van der Waals surface area contributed by atoms with Crippen LogP contribution >= 0.6 is 11.6 Å². The van der Waals surface area contributed by atoms with E-state index in [0.717, 1.165) is 22.1 Å². The van der Waals surface area contributed by atoms with Crippen LogP contribution in [-0.2, 0) is 5.60 Å². The lowest BCUT2D eigenvalue weighted by atomic mass is 9.92. The van der Waals surface area contributed by atoms with Crippen LogP contribution < -0.4 is 0 Å². The smallest absolute Gasteiger partial charge is 0.144 e. The van der Waals surface area contributed by atoms with E-state index in [-0.39, 0.29) is 0 Å². The average molecular weight is 287 g/mol. The zero-order chi connectivity index (χ0) is 14.3. The van der Waals surface area contributed by atoms with Crippen molar-refractivity contribution in [2.75, 3.05) is 0 Å². The van der Waals surface area contributed by atoms with E-state index < -0.39 is 5.60 Å². The molecule has 3 heteroatoms. The second-order valence-electron chi connectivity index (χ2n) is 5.23. The maximum absolute atomic E-state index is 10.8. The molecule has 0 aliphatic rings. The first-order chi connectivity index (χ1) is 9.46. The van der Waals surface area contributed by atoms with E-state index in [1.54, 1.807) is 13.0 Å². The van der Waals surface area contributed by atoms with Crippen LogP contribution in [0.15, 0.2) is 52.9 Å². The van der Waals surface area contributed by atoms with Gasteiger partial charge < -0.3 is 9.52 Å². The molecule has 3 aromatic rings. The highest BCUT2D eigenvalue weighted by Crippen LogP contribution is 2.34. The van der Waals surface area contributed by atoms with Gasteiger partial charge in [0.25, 0.3) is 0 Å². The van der Waals surface area contributed by atoms with Crippen molar-refractivity contribution < 1.29 is 9.52 Å². The van der Waals surface area contributed by atoms with Crippen LogP contribution in [-0.4, -0.2) is 5.11 Å². The maximum atomic E-state index is 10.8. The highest BCUT2D eigenvalue weighted by molar-refractivity contribution is 6.31. The van der Waals surface area contributed by atoms with Crippen LogP contribution in [0.3, 0.4) is 0 Å². The van der Waals surface area contributed by atoms with Crippen molar-refractivity contribution in [3.8, 4) is 0 Å². The first-order valence-corrected chi connectivity index (χ1v) is 6.84. The van der Waals surface area contributed by atoms with Gasteiger partial charge in [0.15, 0.2) is 0 Å². The van der Waals surface area contributed by atoms with Gasteiger partial charge in [-0.25, -0.2) is 0 Å². The summed E-state index contributed by atoms with van der Waals surface area (Å²) in [5.74, 6) is 0.514. The normalized spacial score (nSPS) is 14.4. The fourth-order valence-electron chi connectivity index (χ4n) is 2.34. The van der Waals surface area contributed by atoms with Crippen molar-refractivity contribution in [1.29, 1.82) is 0 Å². The SMILES string of the molecule is Cc1cccc(C(C)(O)c2cc3cc(Cl)ccc3o2)c1. The minimum absolute atomic E-state index is 0.514. The summed E-state index contributed by atoms with van der Waals surface area (Å²) in [5.41, 5.74) is 1.46. The van der Waals surface area contributed by atoms with Crippen LogP contribution in [0.5, 0.6) is 0 Å². The van der Waals surface area contributed by atoms with Crippen LogP contribution in [0.4, 0.5) is 0 Å². The molecule has 0 radical (unpaired) electrons. The molecule has 1 atom stereocenters. The summed E-state index contributed by atoms with van der Waals surface area (Å²) in [4.78, 5) is 0. The summed E-state index contributed by atoms with van der Waals surface area (Å²) < 4.78 is 5.77. The number of halogens is 1. The van der Waals surface area contributed by atoms with Crippen LogP contribution in [0, 0.1) is 6.92 Å². The Hall–Kier alpha value is -1.77. The van der Waals surface area contributed by atoms with Crippen LogP contribution in [0.2, 0.25) is 5.02 Å². The Morgan fingerprint density at radius 1 is 1.10 bits per heavy atom. The Bertz CT molecular complexity index is 772. The second kappa shape index (κ2) is 4.65. The lowest BCUT2D eigenvalue weighted by Crippen LogP contribution is -2.21. The van der Waals surface area contributed by atoms with E-state index in [9.17, 15) is 5.11 Å². The van der Waals surface area contributed by atoms with Gasteiger partial charge in [0.2, 0.25) is 0 Å². The summed E-state index contributed by atoms with van der Waals surface area (Å²) in [6.07, 6.45) is 0. The van der Waals surface area contributed by atoms with Crippen LogP contribution in [0.1, 0.15) is 23.8 Å². The Morgan fingerprint density at radius 3 is 2.65 bits per heavy atom. The van der Waals surface area contributed by atoms with Gasteiger partial charge in [-0.3, -0.25) is 0 Å². The van der Waals surface area contributed by atoms with Gasteiger partial charge in [-0.1, -0.05) is 41.4 Å². The zero-order valence-corrected chi connectivity index (χ0v) is 12.1. The molecule has 102 valence electrons. The fraction of sp³-hybridized carbons (Fsp3) is 0.176. The van der Waals surface area contributed by atoms with E-state index in [0.29, 0.717) is 10.8 Å². The standard InChI is InChI=1S/C17H15ClO2/c1-11-4-3-5-13(8-11)17(2,19)16-10-12-9-14(18)6-7-15(12)20-16/h3-10,19H,1-2H3. The Labute approximate surface area is 122 Å². The van der Waals surface area contributed by atoms with Crippen molar-refractivity contribution in [3.63, 3.8) is 0 Å². The van der Waals surface area contributed by atoms with E-state index in [1.165, 1.54) is 0 Å². The third-order valence-electron chi connectivity index (χ3n) is 3.54. The Morgan fingerprint density at radius 2 is 1.90 bits per heavy atom. The largest absolute Gasteiger partial charge is 0.458 e. The van der Waals surface area contributed by atoms with Crippen molar-refractivity contribution in [2.24, 2.45) is 0 Å². The predicted octanol–water partition coefficient (Wildman–Crippen LogP) is 4.65. The average Bonchev–Trinajstić information content (AvgIpc) is 2.82. The molecule has 0 fully saturated rings. The number of furan rings is 1. The number of hydrogen-bond donors (Lipinski definition) is 1. The molecule has 2 aromatic carbocycles. The number of rotatable bonds is 2. The summed E-state index contributed by atoms with van der Waals surface area (Å²) in [6, 6.07) is 15.0. The van der Waals surface area contributed by atoms with Crippen molar-refractivity contribution in [2.45, 2.75) is 19.4 Å². The quantitative estimate of drug-likeness (QED) is 0.744. The lowest BCUT2D eigenvalue weighted by molar-refractivity contribution is 0.0786. The second-order valence-corrected chi connectivity index (χ2v) is 5.67. The summed E-state index contributed by atoms with van der Waals surface area (Å²) >= 11 is 5.98. The Kier molecular flexibility index (Phi) is 3.08. The van der Waals surface area contributed by atoms with Gasteiger partial charge in [-0.2, -0.15) is 0 Å². The van der Waals surface area contributed by atoms with Gasteiger partial charge in [0.05, 0.1) is 0 Å². The molecule has 0 saturated heterocycles. The molecule has 0 spiro atoms.